The molecule has 168 valence electrons. The quantitative estimate of drug-likeness (QED) is 0.642. The number of piperazine rings is 1. The molecule has 0 radical (unpaired) electrons. The molecule has 2 aromatic heterocycles. The van der Waals surface area contributed by atoms with Gasteiger partial charge in [0.1, 0.15) is 11.1 Å². The van der Waals surface area contributed by atoms with E-state index in [9.17, 15) is 9.18 Å². The lowest BCUT2D eigenvalue weighted by Gasteiger charge is -2.38. The average molecular weight is 439 g/mol. The van der Waals surface area contributed by atoms with Gasteiger partial charge in [0.15, 0.2) is 5.82 Å². The summed E-state index contributed by atoms with van der Waals surface area (Å²) < 4.78 is 20.0. The minimum Gasteiger partial charge on any atom is -0.444 e. The highest BCUT2D eigenvalue weighted by molar-refractivity contribution is 5.75. The van der Waals surface area contributed by atoms with Crippen LogP contribution in [0.4, 0.5) is 14.9 Å². The number of nitrogens with zero attached hydrogens (tertiary/aromatic N) is 4. The molecule has 0 saturated carbocycles. The summed E-state index contributed by atoms with van der Waals surface area (Å²) in [5, 5.41) is 6.69. The normalized spacial score (nSPS) is 16.8. The minimum atomic E-state index is -0.575. The van der Waals surface area contributed by atoms with Crippen LogP contribution in [0.15, 0.2) is 43.0 Å². The van der Waals surface area contributed by atoms with E-state index in [1.54, 1.807) is 23.5 Å². The number of nitrogens with one attached hydrogen (secondary N) is 2. The Labute approximate surface area is 186 Å². The molecule has 1 fully saturated rings. The first-order valence-corrected chi connectivity index (χ1v) is 10.6. The molecule has 1 saturated heterocycles. The van der Waals surface area contributed by atoms with E-state index >= 15 is 0 Å². The Bertz CT molecular complexity index is 1120. The summed E-state index contributed by atoms with van der Waals surface area (Å²) >= 11 is 0. The Hall–Kier alpha value is -3.33. The molecule has 3 heterocycles. The first kappa shape index (κ1) is 21.9. The maximum Gasteiger partial charge on any atom is 0.410 e. The third-order valence-electron chi connectivity index (χ3n) is 5.16. The van der Waals surface area contributed by atoms with Crippen molar-refractivity contribution in [1.82, 2.24) is 25.2 Å². The van der Waals surface area contributed by atoms with Crippen molar-refractivity contribution in [3.8, 4) is 0 Å². The molecule has 32 heavy (non-hydrogen) atoms. The maximum atomic E-state index is 14.4. The first-order valence-electron chi connectivity index (χ1n) is 10.6. The summed E-state index contributed by atoms with van der Waals surface area (Å²) in [6, 6.07) is 4.94. The minimum absolute atomic E-state index is 0.219. The van der Waals surface area contributed by atoms with Crippen molar-refractivity contribution in [3.63, 3.8) is 0 Å². The lowest BCUT2D eigenvalue weighted by Crippen LogP contribution is -2.50. The Balaban J connectivity index is 1.56. The van der Waals surface area contributed by atoms with Crippen molar-refractivity contribution in [1.29, 1.82) is 0 Å². The lowest BCUT2D eigenvalue weighted by molar-refractivity contribution is 0.0118. The molecule has 9 heteroatoms. The molecule has 1 unspecified atom stereocenters. The Morgan fingerprint density at radius 2 is 2.09 bits per heavy atom. The van der Waals surface area contributed by atoms with E-state index in [1.807, 2.05) is 32.9 Å². The predicted molar refractivity (Wildman–Crippen MR) is 120 cm³/mol. The van der Waals surface area contributed by atoms with Crippen molar-refractivity contribution in [2.75, 3.05) is 25.0 Å². The molecule has 0 spiro atoms. The zero-order valence-electron chi connectivity index (χ0n) is 18.4. The fourth-order valence-electron chi connectivity index (χ4n) is 3.75. The number of rotatable bonds is 4. The van der Waals surface area contributed by atoms with E-state index in [4.69, 9.17) is 4.74 Å². The second-order valence-electron chi connectivity index (χ2n) is 8.71. The van der Waals surface area contributed by atoms with Crippen LogP contribution < -0.4 is 10.6 Å². The van der Waals surface area contributed by atoms with Gasteiger partial charge in [-0.05, 0) is 44.5 Å². The van der Waals surface area contributed by atoms with Gasteiger partial charge in [-0.25, -0.2) is 14.2 Å². The molecule has 1 aromatic carbocycles. The van der Waals surface area contributed by atoms with Crippen molar-refractivity contribution >= 4 is 22.8 Å². The van der Waals surface area contributed by atoms with Gasteiger partial charge in [-0.15, -0.1) is 0 Å². The molecule has 1 atom stereocenters. The molecule has 2 N–H and O–H groups in total. The van der Waals surface area contributed by atoms with Gasteiger partial charge in [-0.1, -0.05) is 0 Å². The summed E-state index contributed by atoms with van der Waals surface area (Å²) in [5.41, 5.74) is 2.60. The van der Waals surface area contributed by atoms with Gasteiger partial charge in [0.2, 0.25) is 0 Å². The van der Waals surface area contributed by atoms with Crippen LogP contribution >= 0.6 is 0 Å². The summed E-state index contributed by atoms with van der Waals surface area (Å²) in [5.74, 6) is -0.411. The third kappa shape index (κ3) is 4.94. The number of anilines is 1. The number of hydrogen-bond donors (Lipinski definition) is 2. The highest BCUT2D eigenvalue weighted by Gasteiger charge is 2.32. The highest BCUT2D eigenvalue weighted by atomic mass is 19.1. The second kappa shape index (κ2) is 9.04. The number of benzene rings is 1. The van der Waals surface area contributed by atoms with Crippen molar-refractivity contribution in [2.24, 2.45) is 0 Å². The van der Waals surface area contributed by atoms with Gasteiger partial charge in [-0.3, -0.25) is 14.9 Å². The molecular weight excluding hydrogens is 411 g/mol. The molecular formula is C23H27FN6O2. The fourth-order valence-corrected chi connectivity index (χ4v) is 3.75. The zero-order valence-corrected chi connectivity index (χ0v) is 18.4. The van der Waals surface area contributed by atoms with Crippen LogP contribution in [-0.2, 0) is 11.3 Å². The number of halogens is 1. The van der Waals surface area contributed by atoms with Crippen molar-refractivity contribution in [2.45, 2.75) is 39.0 Å². The smallest absolute Gasteiger partial charge is 0.410 e. The van der Waals surface area contributed by atoms with Crippen LogP contribution in [0.3, 0.4) is 0 Å². The number of fused-ring (bicyclic) bond motifs is 1. The number of hydrogen-bond acceptors (Lipinski definition) is 7. The molecule has 1 amide bonds. The molecule has 3 aromatic rings. The molecule has 8 nitrogen and oxygen atoms in total. The summed E-state index contributed by atoms with van der Waals surface area (Å²) in [6.45, 7) is 7.77. The number of ether oxygens (including phenoxy) is 1. The average Bonchev–Trinajstić information content (AvgIpc) is 2.77. The summed E-state index contributed by atoms with van der Waals surface area (Å²) in [7, 11) is 0. The second-order valence-corrected chi connectivity index (χ2v) is 8.71. The van der Waals surface area contributed by atoms with Crippen LogP contribution in [-0.4, -0.2) is 51.2 Å². The molecule has 0 bridgehead atoms. The first-order chi connectivity index (χ1) is 15.3. The standard InChI is InChI=1S/C23H27FN6O2/c1-23(2,3)32-22(31)30-9-8-26-14-20(30)16-4-5-25-13-19(16)29-12-15-10-17(24)21-18(11-15)27-6-7-28-21/h4-7,10-11,13,20,26,29H,8-9,12,14H2,1-3H3. The molecule has 4 rings (SSSR count). The Morgan fingerprint density at radius 3 is 2.91 bits per heavy atom. The van der Waals surface area contributed by atoms with E-state index in [2.05, 4.69) is 25.6 Å². The fraction of sp³-hybridized carbons (Fsp3) is 0.391. The predicted octanol–water partition coefficient (Wildman–Crippen LogP) is 3.66. The SMILES string of the molecule is CC(C)(C)OC(=O)N1CCNCC1c1ccncc1NCc1cc(F)c2nccnc2c1. The van der Waals surface area contributed by atoms with E-state index in [0.717, 1.165) is 16.8 Å². The zero-order chi connectivity index (χ0) is 22.7. The number of carbonyl (C=O) groups is 1. The van der Waals surface area contributed by atoms with Crippen LogP contribution in [0.2, 0.25) is 0 Å². The van der Waals surface area contributed by atoms with Gasteiger partial charge < -0.3 is 15.4 Å². The summed E-state index contributed by atoms with van der Waals surface area (Å²) in [6.07, 6.45) is 6.09. The van der Waals surface area contributed by atoms with E-state index < -0.39 is 11.4 Å². The molecule has 1 aliphatic heterocycles. The maximum absolute atomic E-state index is 14.4. The lowest BCUT2D eigenvalue weighted by atomic mass is 10.0. The topological polar surface area (TPSA) is 92.3 Å². The Morgan fingerprint density at radius 1 is 1.28 bits per heavy atom. The highest BCUT2D eigenvalue weighted by Crippen LogP contribution is 2.30. The van der Waals surface area contributed by atoms with Gasteiger partial charge in [0, 0.05) is 50.3 Å². The van der Waals surface area contributed by atoms with Crippen LogP contribution in [0, 0.1) is 5.82 Å². The monoisotopic (exact) mass is 438 g/mol. The molecule has 1 aliphatic rings. The van der Waals surface area contributed by atoms with E-state index in [1.165, 1.54) is 12.3 Å². The summed E-state index contributed by atoms with van der Waals surface area (Å²) in [4.78, 5) is 27.1. The Kier molecular flexibility index (Phi) is 6.18. The number of pyridine rings is 1. The van der Waals surface area contributed by atoms with Gasteiger partial charge in [-0.2, -0.15) is 0 Å². The van der Waals surface area contributed by atoms with Crippen molar-refractivity contribution < 1.29 is 13.9 Å². The van der Waals surface area contributed by atoms with Crippen molar-refractivity contribution in [3.05, 3.63) is 59.9 Å². The largest absolute Gasteiger partial charge is 0.444 e. The van der Waals surface area contributed by atoms with Gasteiger partial charge in [0.25, 0.3) is 0 Å². The van der Waals surface area contributed by atoms with Crippen LogP contribution in [0.1, 0.15) is 37.9 Å². The van der Waals surface area contributed by atoms with Crippen LogP contribution in [0.5, 0.6) is 0 Å². The number of carbonyl (C=O) groups excluding carboxylic acids is 1. The van der Waals surface area contributed by atoms with E-state index in [-0.39, 0.29) is 17.7 Å². The third-order valence-corrected chi connectivity index (χ3v) is 5.16. The van der Waals surface area contributed by atoms with Crippen LogP contribution in [0.25, 0.3) is 11.0 Å². The van der Waals surface area contributed by atoms with Gasteiger partial charge in [0.05, 0.1) is 23.4 Å². The number of aromatic nitrogens is 3. The molecule has 0 aliphatic carbocycles. The van der Waals surface area contributed by atoms with E-state index in [0.29, 0.717) is 31.7 Å². The number of amides is 1. The van der Waals surface area contributed by atoms with Gasteiger partial charge >= 0.3 is 6.09 Å².